The summed E-state index contributed by atoms with van der Waals surface area (Å²) in [4.78, 5) is 12.5. The molecule has 0 atom stereocenters. The van der Waals surface area contributed by atoms with Crippen molar-refractivity contribution >= 4 is 17.4 Å². The van der Waals surface area contributed by atoms with E-state index in [0.29, 0.717) is 16.1 Å². The third-order valence-electron chi connectivity index (χ3n) is 3.17. The highest BCUT2D eigenvalue weighted by Gasteiger charge is 2.13. The first kappa shape index (κ1) is 13.6. The van der Waals surface area contributed by atoms with Crippen molar-refractivity contribution < 1.29 is 4.79 Å². The number of para-hydroxylation sites is 1. The summed E-state index contributed by atoms with van der Waals surface area (Å²) in [6.07, 6.45) is 3.31. The van der Waals surface area contributed by atoms with Crippen molar-refractivity contribution in [1.29, 1.82) is 0 Å². The summed E-state index contributed by atoms with van der Waals surface area (Å²) in [5.41, 5.74) is 2.99. The molecule has 4 heteroatoms. The molecule has 0 aliphatic heterocycles. The Morgan fingerprint density at radius 1 is 1.10 bits per heavy atom. The van der Waals surface area contributed by atoms with Crippen molar-refractivity contribution in [3.05, 3.63) is 82.6 Å². The Bertz CT molecular complexity index is 773. The Labute approximate surface area is 127 Å². The fourth-order valence-electron chi connectivity index (χ4n) is 2.20. The van der Waals surface area contributed by atoms with Crippen molar-refractivity contribution in [1.82, 2.24) is 9.78 Å². The van der Waals surface area contributed by atoms with Gasteiger partial charge in [-0.3, -0.25) is 4.79 Å². The average Bonchev–Trinajstić information content (AvgIpc) is 2.96. The number of hydrogen-bond donors (Lipinski definition) is 0. The maximum absolute atomic E-state index is 12.5. The van der Waals surface area contributed by atoms with E-state index in [1.165, 1.54) is 0 Å². The van der Waals surface area contributed by atoms with Gasteiger partial charge in [-0.15, -0.1) is 0 Å². The molecule has 0 aliphatic rings. The van der Waals surface area contributed by atoms with Crippen LogP contribution in [0.3, 0.4) is 0 Å². The molecule has 1 heterocycles. The first-order chi connectivity index (χ1) is 10.1. The topological polar surface area (TPSA) is 34.9 Å². The molecule has 0 saturated heterocycles. The van der Waals surface area contributed by atoms with E-state index in [1.807, 2.05) is 49.4 Å². The van der Waals surface area contributed by atoms with Crippen LogP contribution in [0.2, 0.25) is 5.02 Å². The van der Waals surface area contributed by atoms with Gasteiger partial charge in [0, 0.05) is 16.8 Å². The predicted molar refractivity (Wildman–Crippen MR) is 83.2 cm³/mol. The number of aryl methyl sites for hydroxylation is 1. The number of aromatic nitrogens is 2. The Hall–Kier alpha value is -2.39. The number of benzene rings is 2. The summed E-state index contributed by atoms with van der Waals surface area (Å²) >= 11 is 6.01. The fourth-order valence-corrected chi connectivity index (χ4v) is 2.49. The van der Waals surface area contributed by atoms with Crippen LogP contribution in [0, 0.1) is 6.92 Å². The minimum Gasteiger partial charge on any atom is -0.288 e. The smallest absolute Gasteiger partial charge is 0.196 e. The van der Waals surface area contributed by atoms with Crippen LogP contribution in [-0.2, 0) is 0 Å². The van der Waals surface area contributed by atoms with Crippen molar-refractivity contribution in [2.75, 3.05) is 0 Å². The number of ketones is 1. The summed E-state index contributed by atoms with van der Waals surface area (Å²) in [6, 6.07) is 15.0. The Balaban J connectivity index is 1.94. The lowest BCUT2D eigenvalue weighted by molar-refractivity contribution is 0.103. The second-order valence-corrected chi connectivity index (χ2v) is 5.29. The number of rotatable bonds is 3. The number of hydrogen-bond acceptors (Lipinski definition) is 2. The molecule has 0 radical (unpaired) electrons. The van der Waals surface area contributed by atoms with Gasteiger partial charge in [-0.2, -0.15) is 5.10 Å². The van der Waals surface area contributed by atoms with Gasteiger partial charge in [0.1, 0.15) is 0 Å². The van der Waals surface area contributed by atoms with Gasteiger partial charge in [0.05, 0.1) is 17.4 Å². The van der Waals surface area contributed by atoms with E-state index in [9.17, 15) is 4.79 Å². The Morgan fingerprint density at radius 3 is 2.57 bits per heavy atom. The van der Waals surface area contributed by atoms with Gasteiger partial charge in [-0.1, -0.05) is 29.8 Å². The molecule has 3 aromatic rings. The highest BCUT2D eigenvalue weighted by atomic mass is 35.5. The zero-order valence-electron chi connectivity index (χ0n) is 11.5. The van der Waals surface area contributed by atoms with Gasteiger partial charge in [0.2, 0.25) is 0 Å². The monoisotopic (exact) mass is 296 g/mol. The van der Waals surface area contributed by atoms with Crippen LogP contribution in [-0.4, -0.2) is 15.6 Å². The first-order valence-electron chi connectivity index (χ1n) is 6.55. The number of halogens is 1. The van der Waals surface area contributed by atoms with E-state index < -0.39 is 0 Å². The van der Waals surface area contributed by atoms with E-state index in [2.05, 4.69) is 5.10 Å². The number of carbonyl (C=O) groups is 1. The van der Waals surface area contributed by atoms with Gasteiger partial charge in [0.25, 0.3) is 0 Å². The van der Waals surface area contributed by atoms with Crippen molar-refractivity contribution in [3.63, 3.8) is 0 Å². The van der Waals surface area contributed by atoms with E-state index in [4.69, 9.17) is 11.6 Å². The molecule has 104 valence electrons. The van der Waals surface area contributed by atoms with Crippen LogP contribution < -0.4 is 0 Å². The maximum atomic E-state index is 12.5. The van der Waals surface area contributed by atoms with Crippen LogP contribution in [0.25, 0.3) is 5.69 Å². The average molecular weight is 297 g/mol. The molecule has 0 unspecified atom stereocenters. The highest BCUT2D eigenvalue weighted by Crippen LogP contribution is 2.18. The molecule has 0 amide bonds. The van der Waals surface area contributed by atoms with Gasteiger partial charge in [-0.05, 0) is 42.8 Å². The lowest BCUT2D eigenvalue weighted by atomic mass is 10.0. The van der Waals surface area contributed by atoms with Crippen LogP contribution in [0.1, 0.15) is 21.5 Å². The quantitative estimate of drug-likeness (QED) is 0.683. The summed E-state index contributed by atoms with van der Waals surface area (Å²) in [7, 11) is 0. The zero-order chi connectivity index (χ0) is 14.8. The van der Waals surface area contributed by atoms with Crippen molar-refractivity contribution in [2.45, 2.75) is 6.92 Å². The van der Waals surface area contributed by atoms with E-state index in [-0.39, 0.29) is 5.78 Å². The van der Waals surface area contributed by atoms with Crippen LogP contribution in [0.15, 0.2) is 60.9 Å². The number of nitrogens with zero attached hydrogens (tertiary/aromatic N) is 2. The lowest BCUT2D eigenvalue weighted by Gasteiger charge is -2.02. The summed E-state index contributed by atoms with van der Waals surface area (Å²) < 4.78 is 1.69. The molecule has 1 aromatic heterocycles. The zero-order valence-corrected chi connectivity index (χ0v) is 12.2. The molecule has 0 fully saturated rings. The predicted octanol–water partition coefficient (Wildman–Crippen LogP) is 4.07. The van der Waals surface area contributed by atoms with Gasteiger partial charge < -0.3 is 0 Å². The summed E-state index contributed by atoms with van der Waals surface area (Å²) in [5.74, 6) is -0.0808. The molecule has 0 aliphatic carbocycles. The summed E-state index contributed by atoms with van der Waals surface area (Å²) in [6.45, 7) is 1.91. The first-order valence-corrected chi connectivity index (χ1v) is 6.93. The molecular formula is C17H13ClN2O. The minimum atomic E-state index is -0.0808. The van der Waals surface area contributed by atoms with Crippen LogP contribution >= 0.6 is 11.6 Å². The molecule has 0 saturated carbocycles. The normalized spacial score (nSPS) is 10.6. The van der Waals surface area contributed by atoms with Gasteiger partial charge >= 0.3 is 0 Å². The molecule has 3 nitrogen and oxygen atoms in total. The molecule has 2 aromatic carbocycles. The van der Waals surface area contributed by atoms with Gasteiger partial charge in [0.15, 0.2) is 5.78 Å². The molecule has 21 heavy (non-hydrogen) atoms. The Morgan fingerprint density at radius 2 is 1.86 bits per heavy atom. The Kier molecular flexibility index (Phi) is 3.59. The second-order valence-electron chi connectivity index (χ2n) is 4.86. The molecule has 0 spiro atoms. The molecule has 0 bridgehead atoms. The largest absolute Gasteiger partial charge is 0.288 e. The molecular weight excluding hydrogens is 284 g/mol. The van der Waals surface area contributed by atoms with Crippen molar-refractivity contribution in [3.8, 4) is 5.69 Å². The van der Waals surface area contributed by atoms with Crippen molar-refractivity contribution in [2.24, 2.45) is 0 Å². The third-order valence-corrected chi connectivity index (χ3v) is 3.39. The lowest BCUT2D eigenvalue weighted by Crippen LogP contribution is -2.00. The molecule has 3 rings (SSSR count). The second kappa shape index (κ2) is 5.54. The van der Waals surface area contributed by atoms with E-state index >= 15 is 0 Å². The third kappa shape index (κ3) is 2.88. The fraction of sp³-hybridized carbons (Fsp3) is 0.0588. The van der Waals surface area contributed by atoms with E-state index in [0.717, 1.165) is 11.3 Å². The molecule has 0 N–H and O–H groups in total. The minimum absolute atomic E-state index is 0.0808. The maximum Gasteiger partial charge on any atom is 0.196 e. The highest BCUT2D eigenvalue weighted by molar-refractivity contribution is 6.31. The van der Waals surface area contributed by atoms with E-state index in [1.54, 1.807) is 23.1 Å². The SMILES string of the molecule is Cc1cc(Cl)cc(C(=O)c2cnn(-c3ccccc3)c2)c1. The van der Waals surface area contributed by atoms with Crippen LogP contribution in [0.5, 0.6) is 0 Å². The summed E-state index contributed by atoms with van der Waals surface area (Å²) in [5, 5.41) is 4.80. The number of carbonyl (C=O) groups excluding carboxylic acids is 1. The van der Waals surface area contributed by atoms with Gasteiger partial charge in [-0.25, -0.2) is 4.68 Å². The standard InChI is InChI=1S/C17H13ClN2O/c1-12-7-13(9-15(18)8-12)17(21)14-10-19-20(11-14)16-5-3-2-4-6-16/h2-11H,1H3. The van der Waals surface area contributed by atoms with Crippen LogP contribution in [0.4, 0.5) is 0 Å².